The molecule has 0 bridgehead atoms. The number of benzene rings is 1. The molecule has 0 atom stereocenters. The van der Waals surface area contributed by atoms with Crippen LogP contribution in [0.2, 0.25) is 5.02 Å². The molecule has 1 aromatic heterocycles. The largest absolute Gasteiger partial charge is 0.493 e. The molecule has 1 heterocycles. The number of ether oxygens (including phenoxy) is 2. The number of halogens is 1. The van der Waals surface area contributed by atoms with Crippen LogP contribution in [0.4, 0.5) is 0 Å². The zero-order chi connectivity index (χ0) is 18.6. The molecule has 0 unspecified atom stereocenters. The van der Waals surface area contributed by atoms with E-state index < -0.39 is 5.78 Å². The number of hydrogen-bond acceptors (Lipinski definition) is 5. The molecule has 2 aromatic rings. The van der Waals surface area contributed by atoms with Gasteiger partial charge in [-0.1, -0.05) is 11.6 Å². The van der Waals surface area contributed by atoms with Gasteiger partial charge in [0.1, 0.15) is 17.4 Å². The summed E-state index contributed by atoms with van der Waals surface area (Å²) in [6.07, 6.45) is 2.80. The fourth-order valence-corrected chi connectivity index (χ4v) is 2.52. The predicted octanol–water partition coefficient (Wildman–Crippen LogP) is 4.83. The highest BCUT2D eigenvalue weighted by molar-refractivity contribution is 6.32. The summed E-state index contributed by atoms with van der Waals surface area (Å²) in [5, 5.41) is 9.69. The highest BCUT2D eigenvalue weighted by Crippen LogP contribution is 2.37. The molecular formula is C19H18ClNO4. The lowest BCUT2D eigenvalue weighted by Crippen LogP contribution is -2.07. The maximum absolute atomic E-state index is 12.5. The number of nitrogens with zero attached hydrogens (tertiary/aromatic N) is 1. The first-order valence-electron chi connectivity index (χ1n) is 7.62. The van der Waals surface area contributed by atoms with Crippen LogP contribution < -0.4 is 9.47 Å². The van der Waals surface area contributed by atoms with Crippen molar-refractivity contribution in [3.8, 4) is 17.6 Å². The van der Waals surface area contributed by atoms with E-state index in [1.165, 1.54) is 25.5 Å². The molecular weight excluding hydrogens is 342 g/mol. The Morgan fingerprint density at radius 3 is 2.64 bits per heavy atom. The molecule has 0 aliphatic rings. The van der Waals surface area contributed by atoms with Crippen LogP contribution in [0.1, 0.15) is 35.5 Å². The van der Waals surface area contributed by atoms with E-state index in [1.807, 2.05) is 19.9 Å². The molecule has 0 aliphatic heterocycles. The van der Waals surface area contributed by atoms with Crippen molar-refractivity contribution in [2.24, 2.45) is 0 Å². The Morgan fingerprint density at radius 2 is 2.12 bits per heavy atom. The number of hydrogen-bond donors (Lipinski definition) is 0. The minimum absolute atomic E-state index is 0.0276. The summed E-state index contributed by atoms with van der Waals surface area (Å²) >= 11 is 6.27. The minimum atomic E-state index is -0.411. The predicted molar refractivity (Wildman–Crippen MR) is 95.1 cm³/mol. The van der Waals surface area contributed by atoms with Crippen molar-refractivity contribution in [2.45, 2.75) is 26.9 Å². The Balaban J connectivity index is 2.45. The van der Waals surface area contributed by atoms with Crippen LogP contribution in [-0.4, -0.2) is 19.0 Å². The van der Waals surface area contributed by atoms with Gasteiger partial charge in [0.2, 0.25) is 5.78 Å². The lowest BCUT2D eigenvalue weighted by molar-refractivity contribution is 0.103. The number of carbonyl (C=O) groups excluding carboxylic acids is 1. The number of rotatable bonds is 6. The highest BCUT2D eigenvalue weighted by Gasteiger charge is 2.18. The van der Waals surface area contributed by atoms with Gasteiger partial charge >= 0.3 is 0 Å². The minimum Gasteiger partial charge on any atom is -0.493 e. The van der Waals surface area contributed by atoms with E-state index in [4.69, 9.17) is 25.5 Å². The molecule has 1 aromatic carbocycles. The van der Waals surface area contributed by atoms with Gasteiger partial charge in [-0.05, 0) is 50.6 Å². The van der Waals surface area contributed by atoms with E-state index >= 15 is 0 Å². The van der Waals surface area contributed by atoms with Gasteiger partial charge in [-0.3, -0.25) is 4.79 Å². The average Bonchev–Trinajstić information content (AvgIpc) is 2.99. The lowest BCUT2D eigenvalue weighted by Gasteiger charge is -2.15. The Labute approximate surface area is 151 Å². The number of carbonyl (C=O) groups is 1. The SMILES string of the molecule is COc1cc(/C=C(\C#N)C(=O)c2ccoc2C)cc(Cl)c1OC(C)C. The molecule has 6 heteroatoms. The summed E-state index contributed by atoms with van der Waals surface area (Å²) in [5.74, 6) is 0.900. The van der Waals surface area contributed by atoms with Gasteiger partial charge in [-0.25, -0.2) is 0 Å². The first kappa shape index (κ1) is 18.6. The van der Waals surface area contributed by atoms with Crippen LogP contribution in [0, 0.1) is 18.3 Å². The van der Waals surface area contributed by atoms with Crippen LogP contribution in [0.25, 0.3) is 6.08 Å². The summed E-state index contributed by atoms with van der Waals surface area (Å²) in [7, 11) is 1.50. The summed E-state index contributed by atoms with van der Waals surface area (Å²) < 4.78 is 16.1. The van der Waals surface area contributed by atoms with Crippen LogP contribution in [0.3, 0.4) is 0 Å². The molecule has 5 nitrogen and oxygen atoms in total. The van der Waals surface area contributed by atoms with Gasteiger partial charge in [-0.15, -0.1) is 0 Å². The van der Waals surface area contributed by atoms with E-state index in [9.17, 15) is 10.1 Å². The fraction of sp³-hybridized carbons (Fsp3) is 0.263. The maximum Gasteiger partial charge on any atom is 0.207 e. The second-order valence-corrected chi connectivity index (χ2v) is 6.00. The van der Waals surface area contributed by atoms with E-state index in [-0.39, 0.29) is 11.7 Å². The number of nitriles is 1. The quantitative estimate of drug-likeness (QED) is 0.419. The van der Waals surface area contributed by atoms with Crippen molar-refractivity contribution in [1.29, 1.82) is 5.26 Å². The third kappa shape index (κ3) is 4.23. The van der Waals surface area contributed by atoms with Gasteiger partial charge < -0.3 is 13.9 Å². The number of allylic oxidation sites excluding steroid dienone is 1. The number of aryl methyl sites for hydroxylation is 1. The van der Waals surface area contributed by atoms with Gasteiger partial charge in [0.15, 0.2) is 11.5 Å². The molecule has 0 saturated carbocycles. The van der Waals surface area contributed by atoms with Gasteiger partial charge in [0.05, 0.1) is 30.1 Å². The summed E-state index contributed by atoms with van der Waals surface area (Å²) in [6.45, 7) is 5.42. The van der Waals surface area contributed by atoms with Crippen molar-refractivity contribution >= 4 is 23.5 Å². The molecule has 25 heavy (non-hydrogen) atoms. The summed E-state index contributed by atoms with van der Waals surface area (Å²) in [5.41, 5.74) is 0.884. The van der Waals surface area contributed by atoms with Crippen molar-refractivity contribution < 1.29 is 18.7 Å². The maximum atomic E-state index is 12.5. The van der Waals surface area contributed by atoms with E-state index in [2.05, 4.69) is 0 Å². The molecule has 0 saturated heterocycles. The number of ketones is 1. The fourth-order valence-electron chi connectivity index (χ4n) is 2.25. The monoisotopic (exact) mass is 359 g/mol. The third-order valence-electron chi connectivity index (χ3n) is 3.38. The highest BCUT2D eigenvalue weighted by atomic mass is 35.5. The third-order valence-corrected chi connectivity index (χ3v) is 3.67. The van der Waals surface area contributed by atoms with E-state index in [0.29, 0.717) is 33.4 Å². The number of furan rings is 1. The lowest BCUT2D eigenvalue weighted by atomic mass is 10.0. The first-order valence-corrected chi connectivity index (χ1v) is 8.00. The second-order valence-electron chi connectivity index (χ2n) is 5.59. The Bertz CT molecular complexity index is 859. The van der Waals surface area contributed by atoms with Crippen LogP contribution in [0.15, 0.2) is 34.5 Å². The second kappa shape index (κ2) is 7.91. The van der Waals surface area contributed by atoms with Crippen molar-refractivity contribution in [2.75, 3.05) is 7.11 Å². The van der Waals surface area contributed by atoms with E-state index in [1.54, 1.807) is 19.1 Å². The van der Waals surface area contributed by atoms with E-state index in [0.717, 1.165) is 0 Å². The Kier molecular flexibility index (Phi) is 5.89. The molecule has 2 rings (SSSR count). The van der Waals surface area contributed by atoms with Gasteiger partial charge in [-0.2, -0.15) is 5.26 Å². The zero-order valence-electron chi connectivity index (χ0n) is 14.4. The van der Waals surface area contributed by atoms with Crippen molar-refractivity contribution in [3.05, 3.63) is 51.9 Å². The topological polar surface area (TPSA) is 72.5 Å². The zero-order valence-corrected chi connectivity index (χ0v) is 15.2. The standard InChI is InChI=1S/C19H18ClNO4/c1-11(2)25-19-16(20)8-13(9-17(19)23-4)7-14(10-21)18(22)15-5-6-24-12(15)3/h5-9,11H,1-4H3/b14-7+. The summed E-state index contributed by atoms with van der Waals surface area (Å²) in [4.78, 5) is 12.5. The van der Waals surface area contributed by atoms with Crippen LogP contribution >= 0.6 is 11.6 Å². The average molecular weight is 360 g/mol. The molecule has 0 spiro atoms. The molecule has 0 radical (unpaired) electrons. The molecule has 0 fully saturated rings. The molecule has 0 aliphatic carbocycles. The van der Waals surface area contributed by atoms with Crippen molar-refractivity contribution in [1.82, 2.24) is 0 Å². The number of Topliss-reactive ketones (excluding diaryl/α,β-unsaturated/α-hetero) is 1. The van der Waals surface area contributed by atoms with Gasteiger partial charge in [0.25, 0.3) is 0 Å². The first-order chi connectivity index (χ1) is 11.9. The molecule has 130 valence electrons. The normalized spacial score (nSPS) is 11.3. The van der Waals surface area contributed by atoms with Crippen LogP contribution in [-0.2, 0) is 0 Å². The Morgan fingerprint density at radius 1 is 1.40 bits per heavy atom. The van der Waals surface area contributed by atoms with Crippen LogP contribution in [0.5, 0.6) is 11.5 Å². The number of methoxy groups -OCH3 is 1. The van der Waals surface area contributed by atoms with Crippen molar-refractivity contribution in [3.63, 3.8) is 0 Å². The summed E-state index contributed by atoms with van der Waals surface area (Å²) in [6, 6.07) is 6.74. The Hall–Kier alpha value is -2.71. The van der Waals surface area contributed by atoms with Gasteiger partial charge in [0, 0.05) is 0 Å². The molecule has 0 amide bonds. The molecule has 0 N–H and O–H groups in total. The smallest absolute Gasteiger partial charge is 0.207 e.